The molecule has 1 N–H and O–H groups in total. The number of furan rings is 1. The van der Waals surface area contributed by atoms with Crippen LogP contribution >= 0.6 is 0 Å². The molecule has 0 aliphatic heterocycles. The van der Waals surface area contributed by atoms with Crippen LogP contribution < -0.4 is 14.8 Å². The van der Waals surface area contributed by atoms with Gasteiger partial charge in [0.15, 0.2) is 0 Å². The summed E-state index contributed by atoms with van der Waals surface area (Å²) in [6, 6.07) is 17.3. The molecule has 1 aromatic heterocycles. The number of aryl methyl sites for hydroxylation is 2. The van der Waals surface area contributed by atoms with E-state index in [1.165, 1.54) is 5.56 Å². The monoisotopic (exact) mass is 365 g/mol. The summed E-state index contributed by atoms with van der Waals surface area (Å²) in [4.78, 5) is 12.3. The summed E-state index contributed by atoms with van der Waals surface area (Å²) in [6.45, 7) is 2.05. The average molecular weight is 365 g/mol. The maximum atomic E-state index is 12.3. The Balaban J connectivity index is 1.59. The van der Waals surface area contributed by atoms with E-state index in [0.29, 0.717) is 30.0 Å². The van der Waals surface area contributed by atoms with Gasteiger partial charge in [0.25, 0.3) is 0 Å². The van der Waals surface area contributed by atoms with Crippen LogP contribution in [0, 0.1) is 6.92 Å². The maximum absolute atomic E-state index is 12.3. The topological polar surface area (TPSA) is 60.7 Å². The van der Waals surface area contributed by atoms with Crippen molar-refractivity contribution in [1.82, 2.24) is 0 Å². The molecule has 1 amide bonds. The van der Waals surface area contributed by atoms with E-state index >= 15 is 0 Å². The van der Waals surface area contributed by atoms with Gasteiger partial charge >= 0.3 is 0 Å². The molecule has 0 bridgehead atoms. The van der Waals surface area contributed by atoms with Crippen LogP contribution in [0.4, 0.5) is 5.69 Å². The van der Waals surface area contributed by atoms with Gasteiger partial charge in [0.1, 0.15) is 23.0 Å². The van der Waals surface area contributed by atoms with Crippen LogP contribution in [-0.2, 0) is 11.2 Å². The highest BCUT2D eigenvalue weighted by Gasteiger charge is 2.11. The molecular formula is C22H23NO4. The number of hydrogen-bond donors (Lipinski definition) is 1. The van der Waals surface area contributed by atoms with E-state index in [2.05, 4.69) is 5.32 Å². The van der Waals surface area contributed by atoms with Gasteiger partial charge in [0.2, 0.25) is 5.91 Å². The lowest BCUT2D eigenvalue weighted by Gasteiger charge is -2.11. The summed E-state index contributed by atoms with van der Waals surface area (Å²) in [5.74, 6) is 2.71. The predicted octanol–water partition coefficient (Wildman–Crippen LogP) is 4.84. The van der Waals surface area contributed by atoms with Gasteiger partial charge < -0.3 is 19.2 Å². The van der Waals surface area contributed by atoms with Gasteiger partial charge in [-0.1, -0.05) is 29.8 Å². The van der Waals surface area contributed by atoms with Crippen LogP contribution in [0.1, 0.15) is 17.7 Å². The molecule has 0 aliphatic rings. The molecule has 1 heterocycles. The fourth-order valence-corrected chi connectivity index (χ4v) is 2.74. The maximum Gasteiger partial charge on any atom is 0.224 e. The lowest BCUT2D eigenvalue weighted by molar-refractivity contribution is -0.116. The summed E-state index contributed by atoms with van der Waals surface area (Å²) in [6.07, 6.45) is 0.839. The number of nitrogens with one attached hydrogen (secondary N) is 1. The van der Waals surface area contributed by atoms with Gasteiger partial charge in [-0.2, -0.15) is 0 Å². The predicted molar refractivity (Wildman–Crippen MR) is 105 cm³/mol. The molecule has 2 aromatic carbocycles. The molecule has 0 unspecified atom stereocenters. The van der Waals surface area contributed by atoms with Crippen LogP contribution in [0.2, 0.25) is 0 Å². The number of benzene rings is 2. The Hall–Kier alpha value is -3.21. The normalized spacial score (nSPS) is 10.5. The minimum Gasteiger partial charge on any atom is -0.497 e. The van der Waals surface area contributed by atoms with Crippen LogP contribution in [0.15, 0.2) is 59.0 Å². The minimum absolute atomic E-state index is 0.105. The van der Waals surface area contributed by atoms with Crippen molar-refractivity contribution in [2.24, 2.45) is 0 Å². The summed E-state index contributed by atoms with van der Waals surface area (Å²) < 4.78 is 16.3. The smallest absolute Gasteiger partial charge is 0.224 e. The van der Waals surface area contributed by atoms with E-state index in [-0.39, 0.29) is 5.91 Å². The van der Waals surface area contributed by atoms with Crippen LogP contribution in [0.5, 0.6) is 11.5 Å². The second kappa shape index (κ2) is 8.45. The first-order valence-electron chi connectivity index (χ1n) is 8.76. The van der Waals surface area contributed by atoms with Crippen LogP contribution in [-0.4, -0.2) is 20.1 Å². The number of carbonyl (C=O) groups excluding carboxylic acids is 1. The third kappa shape index (κ3) is 4.70. The first-order chi connectivity index (χ1) is 13.1. The fraction of sp³-hybridized carbons (Fsp3) is 0.227. The molecule has 0 fully saturated rings. The number of carbonyl (C=O) groups is 1. The van der Waals surface area contributed by atoms with Gasteiger partial charge in [-0.3, -0.25) is 4.79 Å². The SMILES string of the molecule is COc1ccc(NC(=O)CCc2ccc(-c3ccc(C)cc3)o2)c(OC)c1. The molecule has 0 saturated carbocycles. The summed E-state index contributed by atoms with van der Waals surface area (Å²) in [7, 11) is 3.14. The van der Waals surface area contributed by atoms with Crippen molar-refractivity contribution < 1.29 is 18.7 Å². The van der Waals surface area contributed by atoms with Crippen molar-refractivity contribution in [3.63, 3.8) is 0 Å². The zero-order valence-corrected chi connectivity index (χ0v) is 15.7. The van der Waals surface area contributed by atoms with Gasteiger partial charge in [-0.15, -0.1) is 0 Å². The summed E-state index contributed by atoms with van der Waals surface area (Å²) in [5.41, 5.74) is 2.85. The van der Waals surface area contributed by atoms with Crippen molar-refractivity contribution in [2.75, 3.05) is 19.5 Å². The molecule has 27 heavy (non-hydrogen) atoms. The Morgan fingerprint density at radius 1 is 1.00 bits per heavy atom. The molecular weight excluding hydrogens is 342 g/mol. The zero-order valence-electron chi connectivity index (χ0n) is 15.7. The van der Waals surface area contributed by atoms with Crippen molar-refractivity contribution in [1.29, 1.82) is 0 Å². The molecule has 3 aromatic rings. The van der Waals surface area contributed by atoms with Gasteiger partial charge in [-0.25, -0.2) is 0 Å². The summed E-state index contributed by atoms with van der Waals surface area (Å²) >= 11 is 0. The summed E-state index contributed by atoms with van der Waals surface area (Å²) in [5, 5.41) is 2.87. The first kappa shape index (κ1) is 18.6. The number of rotatable bonds is 7. The molecule has 5 nitrogen and oxygen atoms in total. The Kier molecular flexibility index (Phi) is 5.81. The third-order valence-electron chi connectivity index (χ3n) is 4.28. The van der Waals surface area contributed by atoms with Crippen molar-refractivity contribution in [2.45, 2.75) is 19.8 Å². The second-order valence-electron chi connectivity index (χ2n) is 6.25. The number of amides is 1. The number of hydrogen-bond acceptors (Lipinski definition) is 4. The highest BCUT2D eigenvalue weighted by molar-refractivity contribution is 5.92. The molecule has 3 rings (SSSR count). The van der Waals surface area contributed by atoms with Crippen molar-refractivity contribution in [3.05, 3.63) is 65.9 Å². The largest absolute Gasteiger partial charge is 0.497 e. The average Bonchev–Trinajstić information content (AvgIpc) is 3.16. The molecule has 140 valence electrons. The molecule has 0 aliphatic carbocycles. The molecule has 0 atom stereocenters. The van der Waals surface area contributed by atoms with Crippen LogP contribution in [0.3, 0.4) is 0 Å². The van der Waals surface area contributed by atoms with Crippen molar-refractivity contribution >= 4 is 11.6 Å². The van der Waals surface area contributed by atoms with E-state index < -0.39 is 0 Å². The van der Waals surface area contributed by atoms with E-state index in [0.717, 1.165) is 17.1 Å². The first-order valence-corrected chi connectivity index (χ1v) is 8.76. The Morgan fingerprint density at radius 2 is 1.78 bits per heavy atom. The Bertz CT molecular complexity index is 912. The molecule has 5 heteroatoms. The standard InChI is InChI=1S/C22H23NO4/c1-15-4-6-16(7-5-15)20-12-9-17(27-20)10-13-22(24)23-19-11-8-18(25-2)14-21(19)26-3/h4-9,11-12,14H,10,13H2,1-3H3,(H,23,24). The van der Waals surface area contributed by atoms with Crippen LogP contribution in [0.25, 0.3) is 11.3 Å². The molecule has 0 saturated heterocycles. The fourth-order valence-electron chi connectivity index (χ4n) is 2.74. The van der Waals surface area contributed by atoms with E-state index in [1.807, 2.05) is 43.3 Å². The van der Waals surface area contributed by atoms with Gasteiger partial charge in [0.05, 0.1) is 19.9 Å². The lowest BCUT2D eigenvalue weighted by atomic mass is 10.1. The van der Waals surface area contributed by atoms with E-state index in [4.69, 9.17) is 13.9 Å². The highest BCUT2D eigenvalue weighted by atomic mass is 16.5. The van der Waals surface area contributed by atoms with E-state index in [1.54, 1.807) is 32.4 Å². The van der Waals surface area contributed by atoms with Gasteiger partial charge in [0, 0.05) is 24.5 Å². The highest BCUT2D eigenvalue weighted by Crippen LogP contribution is 2.29. The van der Waals surface area contributed by atoms with Gasteiger partial charge in [-0.05, 0) is 31.2 Å². The number of methoxy groups -OCH3 is 2. The number of ether oxygens (including phenoxy) is 2. The van der Waals surface area contributed by atoms with Crippen molar-refractivity contribution in [3.8, 4) is 22.8 Å². The minimum atomic E-state index is -0.105. The molecule has 0 spiro atoms. The second-order valence-corrected chi connectivity index (χ2v) is 6.25. The quantitative estimate of drug-likeness (QED) is 0.651. The Morgan fingerprint density at radius 3 is 2.48 bits per heavy atom. The third-order valence-corrected chi connectivity index (χ3v) is 4.28. The number of anilines is 1. The lowest BCUT2D eigenvalue weighted by Crippen LogP contribution is -2.13. The Labute approximate surface area is 158 Å². The molecule has 0 radical (unpaired) electrons. The zero-order chi connectivity index (χ0) is 19.2. The van der Waals surface area contributed by atoms with E-state index in [9.17, 15) is 4.79 Å².